The zero-order valence-corrected chi connectivity index (χ0v) is 11.0. The molecule has 0 aliphatic carbocycles. The van der Waals surface area contributed by atoms with Gasteiger partial charge < -0.3 is 5.32 Å². The van der Waals surface area contributed by atoms with Gasteiger partial charge in [0.15, 0.2) is 0 Å². The molecule has 3 heteroatoms. The number of nitrogens with one attached hydrogen (secondary N) is 1. The number of hydrogen-bond acceptors (Lipinski definition) is 3. The van der Waals surface area contributed by atoms with Crippen LogP contribution in [-0.2, 0) is 6.54 Å². The molecular weight excluding hydrogens is 240 g/mol. The van der Waals surface area contributed by atoms with Crippen LogP contribution in [0.1, 0.15) is 9.75 Å². The van der Waals surface area contributed by atoms with Crippen LogP contribution < -0.4 is 5.32 Å². The Hall–Kier alpha value is -1.87. The third-order valence-electron chi connectivity index (χ3n) is 2.84. The van der Waals surface area contributed by atoms with Crippen molar-refractivity contribution in [2.24, 2.45) is 0 Å². The van der Waals surface area contributed by atoms with Gasteiger partial charge in [-0.25, -0.2) is 4.98 Å². The topological polar surface area (TPSA) is 24.9 Å². The van der Waals surface area contributed by atoms with Crippen molar-refractivity contribution >= 4 is 28.1 Å². The van der Waals surface area contributed by atoms with Gasteiger partial charge in [0.05, 0.1) is 12.1 Å². The van der Waals surface area contributed by atoms with Crippen LogP contribution in [0.15, 0.2) is 48.5 Å². The number of pyridine rings is 1. The Morgan fingerprint density at radius 2 is 1.94 bits per heavy atom. The SMILES string of the molecule is Cc1ccc(CNc2ccc3ccccc3n2)s1. The highest BCUT2D eigenvalue weighted by Crippen LogP contribution is 2.18. The maximum atomic E-state index is 4.59. The number of benzene rings is 1. The molecule has 2 nitrogen and oxygen atoms in total. The van der Waals surface area contributed by atoms with Crippen molar-refractivity contribution in [3.05, 3.63) is 58.3 Å². The highest BCUT2D eigenvalue weighted by molar-refractivity contribution is 7.11. The van der Waals surface area contributed by atoms with Crippen molar-refractivity contribution < 1.29 is 0 Å². The molecule has 2 aromatic heterocycles. The average Bonchev–Trinajstić information content (AvgIpc) is 2.82. The summed E-state index contributed by atoms with van der Waals surface area (Å²) in [5, 5.41) is 4.54. The van der Waals surface area contributed by atoms with Crippen molar-refractivity contribution in [1.29, 1.82) is 0 Å². The number of hydrogen-bond donors (Lipinski definition) is 1. The lowest BCUT2D eigenvalue weighted by Gasteiger charge is -2.05. The van der Waals surface area contributed by atoms with Gasteiger partial charge in [0.25, 0.3) is 0 Å². The molecule has 0 unspecified atom stereocenters. The Labute approximate surface area is 110 Å². The Morgan fingerprint density at radius 3 is 2.78 bits per heavy atom. The van der Waals surface area contributed by atoms with Crippen molar-refractivity contribution in [1.82, 2.24) is 4.98 Å². The van der Waals surface area contributed by atoms with Gasteiger partial charge in [-0.05, 0) is 37.3 Å². The molecule has 3 aromatic rings. The number of aryl methyl sites for hydroxylation is 1. The van der Waals surface area contributed by atoms with Gasteiger partial charge in [-0.3, -0.25) is 0 Å². The Balaban J connectivity index is 1.78. The first-order valence-corrected chi connectivity index (χ1v) is 6.78. The molecule has 0 atom stereocenters. The van der Waals surface area contributed by atoms with E-state index in [4.69, 9.17) is 0 Å². The van der Waals surface area contributed by atoms with E-state index in [1.807, 2.05) is 35.6 Å². The standard InChI is InChI=1S/C15H14N2S/c1-11-6-8-13(18-11)10-16-15-9-7-12-4-2-3-5-14(12)17-15/h2-9H,10H2,1H3,(H,16,17). The molecule has 0 spiro atoms. The first-order chi connectivity index (χ1) is 8.81. The summed E-state index contributed by atoms with van der Waals surface area (Å²) in [4.78, 5) is 7.27. The fraction of sp³-hybridized carbons (Fsp3) is 0.133. The first kappa shape index (κ1) is 11.2. The summed E-state index contributed by atoms with van der Waals surface area (Å²) >= 11 is 1.82. The summed E-state index contributed by atoms with van der Waals surface area (Å²) in [6.07, 6.45) is 0. The number of anilines is 1. The molecule has 0 bridgehead atoms. The minimum atomic E-state index is 0.837. The number of thiophene rings is 1. The summed E-state index contributed by atoms with van der Waals surface area (Å²) in [5.74, 6) is 0.930. The lowest BCUT2D eigenvalue weighted by atomic mass is 10.2. The molecule has 1 N–H and O–H groups in total. The van der Waals surface area contributed by atoms with Gasteiger partial charge in [0.1, 0.15) is 5.82 Å². The van der Waals surface area contributed by atoms with E-state index < -0.39 is 0 Å². The van der Waals surface area contributed by atoms with E-state index in [0.717, 1.165) is 17.9 Å². The molecule has 3 rings (SSSR count). The number of para-hydroxylation sites is 1. The fourth-order valence-corrected chi connectivity index (χ4v) is 2.75. The minimum absolute atomic E-state index is 0.837. The molecule has 90 valence electrons. The van der Waals surface area contributed by atoms with Crippen LogP contribution in [-0.4, -0.2) is 4.98 Å². The molecule has 2 heterocycles. The molecule has 0 amide bonds. The van der Waals surface area contributed by atoms with Crippen molar-refractivity contribution in [3.8, 4) is 0 Å². The van der Waals surface area contributed by atoms with E-state index in [1.54, 1.807) is 0 Å². The Kier molecular flexibility index (Phi) is 2.99. The summed E-state index contributed by atoms with van der Waals surface area (Å²) in [5.41, 5.74) is 1.03. The van der Waals surface area contributed by atoms with Gasteiger partial charge in [0.2, 0.25) is 0 Å². The predicted molar refractivity (Wildman–Crippen MR) is 78.1 cm³/mol. The van der Waals surface area contributed by atoms with E-state index in [2.05, 4.69) is 41.5 Å². The fourth-order valence-electron chi connectivity index (χ4n) is 1.92. The molecule has 0 saturated carbocycles. The lowest BCUT2D eigenvalue weighted by Crippen LogP contribution is -1.99. The number of rotatable bonds is 3. The minimum Gasteiger partial charge on any atom is -0.365 e. The lowest BCUT2D eigenvalue weighted by molar-refractivity contribution is 1.16. The van der Waals surface area contributed by atoms with Crippen LogP contribution in [0.25, 0.3) is 10.9 Å². The van der Waals surface area contributed by atoms with Gasteiger partial charge in [-0.1, -0.05) is 18.2 Å². The molecule has 0 saturated heterocycles. The van der Waals surface area contributed by atoms with Crippen LogP contribution in [0.2, 0.25) is 0 Å². The highest BCUT2D eigenvalue weighted by atomic mass is 32.1. The summed E-state index contributed by atoms with van der Waals surface area (Å²) in [6, 6.07) is 16.6. The first-order valence-electron chi connectivity index (χ1n) is 5.96. The van der Waals surface area contributed by atoms with Crippen molar-refractivity contribution in [2.45, 2.75) is 13.5 Å². The normalized spacial score (nSPS) is 10.7. The van der Waals surface area contributed by atoms with Gasteiger partial charge in [-0.15, -0.1) is 11.3 Å². The monoisotopic (exact) mass is 254 g/mol. The second-order valence-electron chi connectivity index (χ2n) is 4.26. The zero-order chi connectivity index (χ0) is 12.4. The molecule has 0 aliphatic heterocycles. The van der Waals surface area contributed by atoms with Crippen LogP contribution >= 0.6 is 11.3 Å². The number of aromatic nitrogens is 1. The van der Waals surface area contributed by atoms with Crippen LogP contribution in [0.5, 0.6) is 0 Å². The Morgan fingerprint density at radius 1 is 1.06 bits per heavy atom. The molecule has 0 aliphatic rings. The molecule has 18 heavy (non-hydrogen) atoms. The third-order valence-corrected chi connectivity index (χ3v) is 3.84. The van der Waals surface area contributed by atoms with E-state index >= 15 is 0 Å². The predicted octanol–water partition coefficient (Wildman–Crippen LogP) is 4.22. The van der Waals surface area contributed by atoms with Crippen LogP contribution in [0.3, 0.4) is 0 Å². The highest BCUT2D eigenvalue weighted by Gasteiger charge is 1.99. The molecular formula is C15H14N2S. The Bertz CT molecular complexity index is 673. The van der Waals surface area contributed by atoms with Gasteiger partial charge >= 0.3 is 0 Å². The zero-order valence-electron chi connectivity index (χ0n) is 10.2. The third kappa shape index (κ3) is 2.36. The van der Waals surface area contributed by atoms with Crippen molar-refractivity contribution in [2.75, 3.05) is 5.32 Å². The second-order valence-corrected chi connectivity index (χ2v) is 5.63. The molecule has 1 aromatic carbocycles. The number of fused-ring (bicyclic) bond motifs is 1. The van der Waals surface area contributed by atoms with Crippen LogP contribution in [0, 0.1) is 6.92 Å². The smallest absolute Gasteiger partial charge is 0.126 e. The van der Waals surface area contributed by atoms with E-state index in [-0.39, 0.29) is 0 Å². The van der Waals surface area contributed by atoms with E-state index in [1.165, 1.54) is 15.1 Å². The number of nitrogens with zero attached hydrogens (tertiary/aromatic N) is 1. The maximum absolute atomic E-state index is 4.59. The van der Waals surface area contributed by atoms with Gasteiger partial charge in [-0.2, -0.15) is 0 Å². The second kappa shape index (κ2) is 4.78. The summed E-state index contributed by atoms with van der Waals surface area (Å²) in [7, 11) is 0. The molecule has 0 fully saturated rings. The molecule has 0 radical (unpaired) electrons. The van der Waals surface area contributed by atoms with Crippen molar-refractivity contribution in [3.63, 3.8) is 0 Å². The summed E-state index contributed by atoms with van der Waals surface area (Å²) < 4.78 is 0. The van der Waals surface area contributed by atoms with E-state index in [9.17, 15) is 0 Å². The van der Waals surface area contributed by atoms with Gasteiger partial charge in [0, 0.05) is 15.1 Å². The largest absolute Gasteiger partial charge is 0.365 e. The maximum Gasteiger partial charge on any atom is 0.126 e. The average molecular weight is 254 g/mol. The van der Waals surface area contributed by atoms with Crippen LogP contribution in [0.4, 0.5) is 5.82 Å². The quantitative estimate of drug-likeness (QED) is 0.757. The summed E-state index contributed by atoms with van der Waals surface area (Å²) in [6.45, 7) is 2.96. The van der Waals surface area contributed by atoms with E-state index in [0.29, 0.717) is 0 Å².